The predicted molar refractivity (Wildman–Crippen MR) is 59.0 cm³/mol. The van der Waals surface area contributed by atoms with Crippen molar-refractivity contribution in [3.8, 4) is 0 Å². The third-order valence-corrected chi connectivity index (χ3v) is 2.91. The molecule has 12 heavy (non-hydrogen) atoms. The fraction of sp³-hybridized carbons (Fsp3) is 0. The molecule has 0 radical (unpaired) electrons. The Balaban J connectivity index is 0.000000120. The highest BCUT2D eigenvalue weighted by Gasteiger charge is 1.68. The lowest BCUT2D eigenvalue weighted by molar-refractivity contribution is 1.40. The summed E-state index contributed by atoms with van der Waals surface area (Å²) >= 11 is 12.5. The van der Waals surface area contributed by atoms with Crippen molar-refractivity contribution in [2.75, 3.05) is 0 Å². The van der Waals surface area contributed by atoms with E-state index in [9.17, 15) is 0 Å². The number of rotatable bonds is 0. The Kier molecular flexibility index (Phi) is 4.37. The summed E-state index contributed by atoms with van der Waals surface area (Å²) in [4.78, 5) is 5.67. The number of H-pyrrole nitrogens is 2. The first kappa shape index (κ1) is 9.79. The average molecular weight is 234 g/mol. The molecule has 2 nitrogen and oxygen atoms in total. The molecule has 0 atom stereocenters. The Labute approximate surface area is 87.9 Å². The van der Waals surface area contributed by atoms with Crippen LogP contribution in [-0.4, -0.2) is 9.97 Å². The number of hydrogen-bond acceptors (Lipinski definition) is 4. The second-order valence-corrected chi connectivity index (χ2v) is 4.87. The van der Waals surface area contributed by atoms with Crippen LogP contribution in [0, 0.1) is 7.91 Å². The Morgan fingerprint density at radius 3 is 1.42 bits per heavy atom. The van der Waals surface area contributed by atoms with Gasteiger partial charge in [0.05, 0.1) is 0 Å². The molecule has 2 aromatic heterocycles. The van der Waals surface area contributed by atoms with Gasteiger partial charge in [-0.3, -0.25) is 0 Å². The monoisotopic (exact) mass is 234 g/mol. The van der Waals surface area contributed by atoms with Gasteiger partial charge in [0, 0.05) is 23.2 Å². The zero-order valence-corrected chi connectivity index (χ0v) is 9.21. The van der Waals surface area contributed by atoms with E-state index in [-0.39, 0.29) is 0 Å². The van der Waals surface area contributed by atoms with Crippen LogP contribution in [0.5, 0.6) is 0 Å². The lowest BCUT2D eigenvalue weighted by Gasteiger charge is -1.53. The molecule has 0 aliphatic rings. The zero-order valence-electron chi connectivity index (χ0n) is 5.94. The lowest BCUT2D eigenvalue weighted by Crippen LogP contribution is -1.45. The Hall–Kier alpha value is -0.300. The van der Waals surface area contributed by atoms with Gasteiger partial charge in [-0.1, -0.05) is 0 Å². The maximum atomic E-state index is 4.71. The van der Waals surface area contributed by atoms with Gasteiger partial charge >= 0.3 is 0 Å². The average Bonchev–Trinajstić information content (AvgIpc) is 2.63. The largest absolute Gasteiger partial charge is 0.344 e. The van der Waals surface area contributed by atoms with E-state index < -0.39 is 0 Å². The van der Waals surface area contributed by atoms with E-state index in [4.69, 9.17) is 24.4 Å². The van der Waals surface area contributed by atoms with Crippen LogP contribution in [0.25, 0.3) is 0 Å². The van der Waals surface area contributed by atoms with Crippen molar-refractivity contribution in [3.05, 3.63) is 31.1 Å². The first-order valence-corrected chi connectivity index (χ1v) is 5.61. The standard InChI is InChI=1S/2C3H3NS2/c2*5-3-4-1-2-6-3/h2*1-2H,(H,4,5). The van der Waals surface area contributed by atoms with Crippen LogP contribution in [0.15, 0.2) is 23.2 Å². The van der Waals surface area contributed by atoms with Crippen LogP contribution in [0.1, 0.15) is 0 Å². The van der Waals surface area contributed by atoms with Gasteiger partial charge in [0.15, 0.2) is 7.91 Å². The van der Waals surface area contributed by atoms with Gasteiger partial charge in [-0.2, -0.15) is 0 Å². The Bertz CT molecular complexity index is 333. The quantitative estimate of drug-likeness (QED) is 0.682. The van der Waals surface area contributed by atoms with Crippen LogP contribution in [0.2, 0.25) is 0 Å². The van der Waals surface area contributed by atoms with Gasteiger partial charge in [-0.05, 0) is 24.4 Å². The predicted octanol–water partition coefficient (Wildman–Crippen LogP) is 3.61. The summed E-state index contributed by atoms with van der Waals surface area (Å²) in [5, 5.41) is 3.84. The molecule has 0 amide bonds. The second-order valence-electron chi connectivity index (χ2n) is 1.70. The Morgan fingerprint density at radius 1 is 0.917 bits per heavy atom. The SMILES string of the molecule is S=c1[nH]ccs1.S=c1[nH]ccs1. The van der Waals surface area contributed by atoms with Crippen molar-refractivity contribution < 1.29 is 0 Å². The maximum Gasteiger partial charge on any atom is 0.158 e. The van der Waals surface area contributed by atoms with E-state index in [1.165, 1.54) is 22.7 Å². The van der Waals surface area contributed by atoms with Crippen molar-refractivity contribution >= 4 is 47.1 Å². The fourth-order valence-electron chi connectivity index (χ4n) is 0.464. The minimum absolute atomic E-state index is 0.843. The molecule has 64 valence electrons. The van der Waals surface area contributed by atoms with Crippen LogP contribution in [-0.2, 0) is 0 Å². The van der Waals surface area contributed by atoms with Crippen molar-refractivity contribution in [1.82, 2.24) is 9.97 Å². The number of hydrogen-bond donors (Lipinski definition) is 2. The van der Waals surface area contributed by atoms with Crippen molar-refractivity contribution in [1.29, 1.82) is 0 Å². The first-order valence-electron chi connectivity index (χ1n) is 3.03. The number of thiazole rings is 2. The molecule has 0 spiro atoms. The molecule has 0 saturated carbocycles. The van der Waals surface area contributed by atoms with E-state index in [1.807, 2.05) is 23.2 Å². The van der Waals surface area contributed by atoms with Crippen LogP contribution < -0.4 is 0 Å². The van der Waals surface area contributed by atoms with Crippen LogP contribution in [0.3, 0.4) is 0 Å². The van der Waals surface area contributed by atoms with Gasteiger partial charge in [0.1, 0.15) is 0 Å². The lowest BCUT2D eigenvalue weighted by atomic mass is 11.0. The summed E-state index contributed by atoms with van der Waals surface area (Å²) in [6.07, 6.45) is 3.65. The first-order chi connectivity index (χ1) is 5.79. The third-order valence-electron chi connectivity index (χ3n) is 0.889. The highest BCUT2D eigenvalue weighted by molar-refractivity contribution is 7.73. The fourth-order valence-corrected chi connectivity index (χ4v) is 1.72. The van der Waals surface area contributed by atoms with E-state index in [1.54, 1.807) is 0 Å². The molecular weight excluding hydrogens is 228 g/mol. The smallest absolute Gasteiger partial charge is 0.158 e. The minimum Gasteiger partial charge on any atom is -0.344 e. The molecule has 0 bridgehead atoms. The summed E-state index contributed by atoms with van der Waals surface area (Å²) in [5.41, 5.74) is 0. The van der Waals surface area contributed by atoms with Crippen molar-refractivity contribution in [2.45, 2.75) is 0 Å². The molecule has 0 aliphatic carbocycles. The molecule has 2 aromatic rings. The number of aromatic amines is 2. The molecule has 2 N–H and O–H groups in total. The van der Waals surface area contributed by atoms with Gasteiger partial charge in [0.25, 0.3) is 0 Å². The molecule has 0 fully saturated rings. The van der Waals surface area contributed by atoms with Gasteiger partial charge < -0.3 is 9.97 Å². The second kappa shape index (κ2) is 5.36. The topological polar surface area (TPSA) is 31.6 Å². The summed E-state index contributed by atoms with van der Waals surface area (Å²) in [5.74, 6) is 0. The van der Waals surface area contributed by atoms with Crippen LogP contribution in [0.4, 0.5) is 0 Å². The molecule has 6 heteroatoms. The zero-order chi connectivity index (χ0) is 8.81. The van der Waals surface area contributed by atoms with Crippen molar-refractivity contribution in [2.24, 2.45) is 0 Å². The van der Waals surface area contributed by atoms with Crippen molar-refractivity contribution in [3.63, 3.8) is 0 Å². The van der Waals surface area contributed by atoms with E-state index in [0.29, 0.717) is 0 Å². The van der Waals surface area contributed by atoms with Gasteiger partial charge in [-0.25, -0.2) is 0 Å². The molecular formula is C6H6N2S4. The summed E-state index contributed by atoms with van der Waals surface area (Å²) in [6.45, 7) is 0. The van der Waals surface area contributed by atoms with E-state index in [0.717, 1.165) is 7.91 Å². The van der Waals surface area contributed by atoms with Crippen LogP contribution >= 0.6 is 47.1 Å². The third kappa shape index (κ3) is 3.91. The molecule has 2 rings (SSSR count). The maximum absolute atomic E-state index is 4.71. The molecule has 2 heterocycles. The van der Waals surface area contributed by atoms with E-state index >= 15 is 0 Å². The van der Waals surface area contributed by atoms with E-state index in [2.05, 4.69) is 9.97 Å². The normalized spacial score (nSPS) is 8.67. The molecule has 0 aromatic carbocycles. The number of aromatic nitrogens is 2. The summed E-state index contributed by atoms with van der Waals surface area (Å²) < 4.78 is 1.69. The van der Waals surface area contributed by atoms with Gasteiger partial charge in [-0.15, -0.1) is 22.7 Å². The highest BCUT2D eigenvalue weighted by atomic mass is 32.2. The minimum atomic E-state index is 0.843. The summed E-state index contributed by atoms with van der Waals surface area (Å²) in [6, 6.07) is 0. The van der Waals surface area contributed by atoms with Gasteiger partial charge in [0.2, 0.25) is 0 Å². The molecule has 0 unspecified atom stereocenters. The number of nitrogens with one attached hydrogen (secondary N) is 2. The molecule has 0 saturated heterocycles. The highest BCUT2D eigenvalue weighted by Crippen LogP contribution is 1.93. The molecule has 0 aliphatic heterocycles. The Morgan fingerprint density at radius 2 is 1.33 bits per heavy atom. The summed E-state index contributed by atoms with van der Waals surface area (Å²) in [7, 11) is 0.